The maximum absolute atomic E-state index is 5.78. The van der Waals surface area contributed by atoms with E-state index in [-0.39, 0.29) is 0 Å². The third-order valence-corrected chi connectivity index (χ3v) is 5.13. The fraction of sp³-hybridized carbons (Fsp3) is 0.154. The lowest BCUT2D eigenvalue weighted by molar-refractivity contribution is 1.44. The minimum absolute atomic E-state index is 0.797. The van der Waals surface area contributed by atoms with Crippen LogP contribution in [0.3, 0.4) is 0 Å². The van der Waals surface area contributed by atoms with Crippen LogP contribution in [-0.4, -0.2) is 4.98 Å². The van der Waals surface area contributed by atoms with Gasteiger partial charge >= 0.3 is 0 Å². The summed E-state index contributed by atoms with van der Waals surface area (Å²) >= 11 is 3.51. The van der Waals surface area contributed by atoms with E-state index in [1.165, 1.54) is 15.3 Å². The maximum atomic E-state index is 5.78. The first kappa shape index (κ1) is 10.7. The molecule has 0 saturated carbocycles. The van der Waals surface area contributed by atoms with E-state index in [0.717, 1.165) is 20.9 Å². The standard InChI is InChI=1S/C13H12N2S2/c1-7-5-12(16-8(7)2)13-15-10-4-3-9(14)6-11(10)17-13/h3-6H,14H2,1-2H3. The van der Waals surface area contributed by atoms with Gasteiger partial charge in [0.05, 0.1) is 15.1 Å². The van der Waals surface area contributed by atoms with Crippen molar-refractivity contribution in [2.24, 2.45) is 0 Å². The zero-order valence-corrected chi connectivity index (χ0v) is 11.3. The Labute approximate surface area is 108 Å². The van der Waals surface area contributed by atoms with Crippen LogP contribution in [0.15, 0.2) is 24.3 Å². The number of anilines is 1. The number of hydrogen-bond acceptors (Lipinski definition) is 4. The van der Waals surface area contributed by atoms with Crippen molar-refractivity contribution in [2.75, 3.05) is 5.73 Å². The Morgan fingerprint density at radius 3 is 2.65 bits per heavy atom. The number of hydrogen-bond donors (Lipinski definition) is 1. The van der Waals surface area contributed by atoms with Crippen LogP contribution in [0.2, 0.25) is 0 Å². The fourth-order valence-electron chi connectivity index (χ4n) is 1.73. The maximum Gasteiger partial charge on any atom is 0.134 e. The number of fused-ring (bicyclic) bond motifs is 1. The molecule has 0 bridgehead atoms. The molecule has 0 aliphatic heterocycles. The summed E-state index contributed by atoms with van der Waals surface area (Å²) in [4.78, 5) is 7.26. The van der Waals surface area contributed by atoms with E-state index in [0.29, 0.717) is 0 Å². The Morgan fingerprint density at radius 2 is 1.94 bits per heavy atom. The third kappa shape index (κ3) is 1.83. The molecule has 0 aliphatic carbocycles. The zero-order valence-electron chi connectivity index (χ0n) is 9.65. The predicted molar refractivity (Wildman–Crippen MR) is 76.8 cm³/mol. The number of nitrogens with zero attached hydrogens (tertiary/aromatic N) is 1. The first-order valence-corrected chi connectivity index (χ1v) is 7.00. The quantitative estimate of drug-likeness (QED) is 0.665. The molecule has 17 heavy (non-hydrogen) atoms. The van der Waals surface area contributed by atoms with Gasteiger partial charge in [-0.05, 0) is 43.7 Å². The number of thiazole rings is 1. The lowest BCUT2D eigenvalue weighted by Gasteiger charge is -1.89. The van der Waals surface area contributed by atoms with E-state index in [9.17, 15) is 0 Å². The topological polar surface area (TPSA) is 38.9 Å². The van der Waals surface area contributed by atoms with Crippen molar-refractivity contribution in [2.45, 2.75) is 13.8 Å². The van der Waals surface area contributed by atoms with E-state index >= 15 is 0 Å². The molecule has 2 heterocycles. The monoisotopic (exact) mass is 260 g/mol. The molecule has 3 aromatic rings. The Kier molecular flexibility index (Phi) is 2.42. The molecule has 2 aromatic heterocycles. The van der Waals surface area contributed by atoms with Gasteiger partial charge in [0.25, 0.3) is 0 Å². The second kappa shape index (κ2) is 3.82. The molecule has 4 heteroatoms. The Balaban J connectivity index is 2.17. The molecule has 86 valence electrons. The third-order valence-electron chi connectivity index (χ3n) is 2.79. The Bertz CT molecular complexity index is 675. The molecule has 0 aliphatic rings. The summed E-state index contributed by atoms with van der Waals surface area (Å²) in [6.07, 6.45) is 0. The van der Waals surface area contributed by atoms with Crippen molar-refractivity contribution in [3.05, 3.63) is 34.7 Å². The van der Waals surface area contributed by atoms with Crippen molar-refractivity contribution in [3.8, 4) is 9.88 Å². The summed E-state index contributed by atoms with van der Waals surface area (Å²) in [5.41, 5.74) is 8.95. The van der Waals surface area contributed by atoms with Gasteiger partial charge in [-0.3, -0.25) is 0 Å². The van der Waals surface area contributed by atoms with Gasteiger partial charge in [0.2, 0.25) is 0 Å². The van der Waals surface area contributed by atoms with Crippen LogP contribution in [0.4, 0.5) is 5.69 Å². The average molecular weight is 260 g/mol. The highest BCUT2D eigenvalue weighted by Gasteiger charge is 2.09. The summed E-state index contributed by atoms with van der Waals surface area (Å²) in [5.74, 6) is 0. The van der Waals surface area contributed by atoms with Crippen molar-refractivity contribution >= 4 is 38.6 Å². The molecule has 1 aromatic carbocycles. The number of thiophene rings is 1. The minimum Gasteiger partial charge on any atom is -0.399 e. The van der Waals surface area contributed by atoms with Crippen LogP contribution in [0.5, 0.6) is 0 Å². The highest BCUT2D eigenvalue weighted by atomic mass is 32.1. The molecule has 0 saturated heterocycles. The molecule has 3 rings (SSSR count). The molecule has 0 atom stereocenters. The summed E-state index contributed by atoms with van der Waals surface area (Å²) in [6, 6.07) is 8.08. The van der Waals surface area contributed by atoms with E-state index in [2.05, 4.69) is 24.9 Å². The van der Waals surface area contributed by atoms with Gasteiger partial charge in [0.1, 0.15) is 5.01 Å². The summed E-state index contributed by atoms with van der Waals surface area (Å²) < 4.78 is 1.16. The van der Waals surface area contributed by atoms with Crippen LogP contribution >= 0.6 is 22.7 Å². The van der Waals surface area contributed by atoms with Crippen LogP contribution in [0.1, 0.15) is 10.4 Å². The molecular formula is C13H12N2S2. The van der Waals surface area contributed by atoms with E-state index in [1.54, 1.807) is 22.7 Å². The zero-order chi connectivity index (χ0) is 12.0. The molecule has 0 radical (unpaired) electrons. The fourth-order valence-corrected chi connectivity index (χ4v) is 3.82. The SMILES string of the molecule is Cc1cc(-c2nc3ccc(N)cc3s2)sc1C. The second-order valence-electron chi connectivity index (χ2n) is 4.10. The van der Waals surface area contributed by atoms with E-state index < -0.39 is 0 Å². The molecule has 2 N–H and O–H groups in total. The van der Waals surface area contributed by atoms with Gasteiger partial charge in [-0.25, -0.2) is 4.98 Å². The predicted octanol–water partition coefficient (Wildman–Crippen LogP) is 4.22. The van der Waals surface area contributed by atoms with Gasteiger partial charge in [-0.1, -0.05) is 0 Å². The van der Waals surface area contributed by atoms with Gasteiger partial charge in [-0.15, -0.1) is 22.7 Å². The Morgan fingerprint density at radius 1 is 1.12 bits per heavy atom. The van der Waals surface area contributed by atoms with Crippen LogP contribution < -0.4 is 5.73 Å². The molecule has 0 spiro atoms. The van der Waals surface area contributed by atoms with E-state index in [4.69, 9.17) is 5.73 Å². The number of aromatic nitrogens is 1. The van der Waals surface area contributed by atoms with Crippen LogP contribution in [-0.2, 0) is 0 Å². The molecule has 2 nitrogen and oxygen atoms in total. The van der Waals surface area contributed by atoms with Gasteiger partial charge in [0.15, 0.2) is 0 Å². The smallest absolute Gasteiger partial charge is 0.134 e. The van der Waals surface area contributed by atoms with Crippen molar-refractivity contribution in [1.82, 2.24) is 4.98 Å². The number of nitrogen functional groups attached to an aromatic ring is 1. The first-order chi connectivity index (χ1) is 8.13. The van der Waals surface area contributed by atoms with Crippen molar-refractivity contribution < 1.29 is 0 Å². The lowest BCUT2D eigenvalue weighted by atomic mass is 10.3. The van der Waals surface area contributed by atoms with Gasteiger partial charge < -0.3 is 5.73 Å². The average Bonchev–Trinajstić information content (AvgIpc) is 2.83. The Hall–Kier alpha value is -1.39. The summed E-state index contributed by atoms with van der Waals surface area (Å²) in [5, 5.41) is 1.09. The van der Waals surface area contributed by atoms with E-state index in [1.807, 2.05) is 18.2 Å². The van der Waals surface area contributed by atoms with Crippen LogP contribution in [0.25, 0.3) is 20.1 Å². The highest BCUT2D eigenvalue weighted by molar-refractivity contribution is 7.25. The van der Waals surface area contributed by atoms with Gasteiger partial charge in [-0.2, -0.15) is 0 Å². The van der Waals surface area contributed by atoms with Crippen molar-refractivity contribution in [3.63, 3.8) is 0 Å². The van der Waals surface area contributed by atoms with Crippen molar-refractivity contribution in [1.29, 1.82) is 0 Å². The first-order valence-electron chi connectivity index (χ1n) is 5.37. The molecule has 0 fully saturated rings. The molecule has 0 unspecified atom stereocenters. The number of nitrogens with two attached hydrogens (primary N) is 1. The largest absolute Gasteiger partial charge is 0.399 e. The molecule has 0 amide bonds. The summed E-state index contributed by atoms with van der Waals surface area (Å²) in [7, 11) is 0. The second-order valence-corrected chi connectivity index (χ2v) is 6.38. The number of rotatable bonds is 1. The number of aryl methyl sites for hydroxylation is 2. The number of benzene rings is 1. The normalized spacial score (nSPS) is 11.2. The minimum atomic E-state index is 0.797. The lowest BCUT2D eigenvalue weighted by Crippen LogP contribution is -1.81. The summed E-state index contributed by atoms with van der Waals surface area (Å²) in [6.45, 7) is 4.29. The highest BCUT2D eigenvalue weighted by Crippen LogP contribution is 2.36. The van der Waals surface area contributed by atoms with Crippen LogP contribution in [0, 0.1) is 13.8 Å². The van der Waals surface area contributed by atoms with Gasteiger partial charge in [0, 0.05) is 10.6 Å². The molecular weight excluding hydrogens is 248 g/mol.